The number of piperazine rings is 1. The highest BCUT2D eigenvalue weighted by Crippen LogP contribution is 2.15. The van der Waals surface area contributed by atoms with Crippen molar-refractivity contribution in [3.63, 3.8) is 0 Å². The molecule has 2 aliphatic heterocycles. The minimum Gasteiger partial charge on any atom is -0.380 e. The maximum absolute atomic E-state index is 5.44. The molecule has 0 aromatic rings. The Labute approximate surface area is 86.8 Å². The molecule has 2 aliphatic rings. The quantitative estimate of drug-likeness (QED) is 0.727. The highest BCUT2D eigenvalue weighted by Gasteiger charge is 2.27. The van der Waals surface area contributed by atoms with Gasteiger partial charge >= 0.3 is 0 Å². The van der Waals surface area contributed by atoms with Gasteiger partial charge in [-0.2, -0.15) is 0 Å². The van der Waals surface area contributed by atoms with Crippen molar-refractivity contribution >= 4 is 0 Å². The van der Waals surface area contributed by atoms with Gasteiger partial charge in [0, 0.05) is 38.3 Å². The van der Waals surface area contributed by atoms with Gasteiger partial charge in [0.15, 0.2) is 0 Å². The largest absolute Gasteiger partial charge is 0.380 e. The van der Waals surface area contributed by atoms with Crippen LogP contribution in [0.15, 0.2) is 0 Å². The van der Waals surface area contributed by atoms with Crippen LogP contribution < -0.4 is 5.32 Å². The minimum atomic E-state index is 0.705. The lowest BCUT2D eigenvalue weighted by Gasteiger charge is -2.36. The lowest BCUT2D eigenvalue weighted by atomic mass is 10.1. The van der Waals surface area contributed by atoms with Gasteiger partial charge in [-0.3, -0.25) is 4.90 Å². The average molecular weight is 198 g/mol. The van der Waals surface area contributed by atoms with Crippen LogP contribution in [0.3, 0.4) is 0 Å². The van der Waals surface area contributed by atoms with Crippen LogP contribution in [0, 0.1) is 0 Å². The molecule has 2 heterocycles. The second-order valence-electron chi connectivity index (χ2n) is 4.45. The number of ether oxygens (including phenoxy) is 1. The van der Waals surface area contributed by atoms with Crippen LogP contribution in [0.25, 0.3) is 0 Å². The Morgan fingerprint density at radius 3 is 3.14 bits per heavy atom. The molecule has 0 saturated carbocycles. The molecule has 2 saturated heterocycles. The van der Waals surface area contributed by atoms with Crippen molar-refractivity contribution in [3.8, 4) is 0 Å². The molecular formula is C11H22N2O. The van der Waals surface area contributed by atoms with Crippen molar-refractivity contribution in [3.05, 3.63) is 0 Å². The van der Waals surface area contributed by atoms with Crippen LogP contribution in [0.5, 0.6) is 0 Å². The molecule has 0 aromatic carbocycles. The summed E-state index contributed by atoms with van der Waals surface area (Å²) in [5.41, 5.74) is 0. The molecule has 2 fully saturated rings. The van der Waals surface area contributed by atoms with Crippen molar-refractivity contribution in [2.75, 3.05) is 32.8 Å². The summed E-state index contributed by atoms with van der Waals surface area (Å²) in [5, 5.41) is 3.59. The molecule has 0 bridgehead atoms. The maximum atomic E-state index is 5.44. The summed E-state index contributed by atoms with van der Waals surface area (Å²) in [6.45, 7) is 7.77. The third-order valence-corrected chi connectivity index (χ3v) is 3.35. The number of hydrogen-bond donors (Lipinski definition) is 1. The monoisotopic (exact) mass is 198 g/mol. The maximum Gasteiger partial charge on any atom is 0.0622 e. The minimum absolute atomic E-state index is 0.705. The predicted octanol–water partition coefficient (Wildman–Crippen LogP) is 0.849. The van der Waals surface area contributed by atoms with Gasteiger partial charge in [0.25, 0.3) is 0 Å². The number of hydrogen-bond acceptors (Lipinski definition) is 3. The summed E-state index contributed by atoms with van der Waals surface area (Å²) in [6, 6.07) is 1.42. The smallest absolute Gasteiger partial charge is 0.0622 e. The molecule has 0 aromatic heterocycles. The van der Waals surface area contributed by atoms with E-state index in [0.29, 0.717) is 12.1 Å². The topological polar surface area (TPSA) is 24.5 Å². The van der Waals surface area contributed by atoms with Gasteiger partial charge in [0.05, 0.1) is 6.61 Å². The molecule has 0 spiro atoms. The first-order valence-electron chi connectivity index (χ1n) is 5.95. The molecule has 14 heavy (non-hydrogen) atoms. The highest BCUT2D eigenvalue weighted by molar-refractivity contribution is 4.84. The molecule has 3 nitrogen and oxygen atoms in total. The zero-order valence-electron chi connectivity index (χ0n) is 9.17. The van der Waals surface area contributed by atoms with Gasteiger partial charge in [0.2, 0.25) is 0 Å². The third kappa shape index (κ3) is 2.47. The summed E-state index contributed by atoms with van der Waals surface area (Å²) in [6.07, 6.45) is 3.83. The first-order chi connectivity index (χ1) is 6.90. The average Bonchev–Trinajstić information content (AvgIpc) is 2.71. The van der Waals surface area contributed by atoms with E-state index in [-0.39, 0.29) is 0 Å². The van der Waals surface area contributed by atoms with Crippen molar-refractivity contribution in [2.24, 2.45) is 0 Å². The molecule has 0 aliphatic carbocycles. The molecule has 3 heteroatoms. The fraction of sp³-hybridized carbons (Fsp3) is 1.00. The summed E-state index contributed by atoms with van der Waals surface area (Å²) in [7, 11) is 0. The van der Waals surface area contributed by atoms with E-state index in [1.54, 1.807) is 0 Å². The number of nitrogens with zero attached hydrogens (tertiary/aromatic N) is 1. The van der Waals surface area contributed by atoms with Crippen molar-refractivity contribution in [1.29, 1.82) is 0 Å². The van der Waals surface area contributed by atoms with E-state index in [4.69, 9.17) is 4.74 Å². The molecule has 2 unspecified atom stereocenters. The standard InChI is InChI=1S/C11H22N2O/c1-2-3-10-8-13(6-5-12-10)11-4-7-14-9-11/h10-12H,2-9H2,1H3. The van der Waals surface area contributed by atoms with Crippen molar-refractivity contribution in [2.45, 2.75) is 38.3 Å². The van der Waals surface area contributed by atoms with E-state index in [0.717, 1.165) is 19.8 Å². The van der Waals surface area contributed by atoms with Crippen LogP contribution in [0.4, 0.5) is 0 Å². The van der Waals surface area contributed by atoms with Gasteiger partial charge in [0.1, 0.15) is 0 Å². The lowest BCUT2D eigenvalue weighted by molar-refractivity contribution is 0.115. The van der Waals surface area contributed by atoms with E-state index < -0.39 is 0 Å². The van der Waals surface area contributed by atoms with Gasteiger partial charge in [-0.05, 0) is 12.8 Å². The van der Waals surface area contributed by atoms with E-state index >= 15 is 0 Å². The van der Waals surface area contributed by atoms with Gasteiger partial charge in [-0.1, -0.05) is 13.3 Å². The second-order valence-corrected chi connectivity index (χ2v) is 4.45. The van der Waals surface area contributed by atoms with Crippen LogP contribution in [0.2, 0.25) is 0 Å². The molecule has 2 rings (SSSR count). The Kier molecular flexibility index (Phi) is 3.79. The SMILES string of the molecule is CCCC1CN(C2CCOC2)CCN1. The van der Waals surface area contributed by atoms with E-state index in [1.165, 1.54) is 32.4 Å². The predicted molar refractivity (Wildman–Crippen MR) is 57.5 cm³/mol. The van der Waals surface area contributed by atoms with Crippen LogP contribution >= 0.6 is 0 Å². The van der Waals surface area contributed by atoms with Gasteiger partial charge < -0.3 is 10.1 Å². The molecule has 0 amide bonds. The molecular weight excluding hydrogens is 176 g/mol. The summed E-state index contributed by atoms with van der Waals surface area (Å²) >= 11 is 0. The molecule has 2 atom stereocenters. The van der Waals surface area contributed by atoms with E-state index in [9.17, 15) is 0 Å². The van der Waals surface area contributed by atoms with Crippen molar-refractivity contribution in [1.82, 2.24) is 10.2 Å². The molecule has 0 radical (unpaired) electrons. The van der Waals surface area contributed by atoms with Crippen LogP contribution in [-0.4, -0.2) is 49.8 Å². The zero-order chi connectivity index (χ0) is 9.80. The molecule has 82 valence electrons. The zero-order valence-corrected chi connectivity index (χ0v) is 9.17. The Hall–Kier alpha value is -0.120. The number of rotatable bonds is 3. The number of nitrogens with one attached hydrogen (secondary N) is 1. The fourth-order valence-electron chi connectivity index (χ4n) is 2.53. The van der Waals surface area contributed by atoms with E-state index in [2.05, 4.69) is 17.1 Å². The Balaban J connectivity index is 1.80. The van der Waals surface area contributed by atoms with Crippen molar-refractivity contribution < 1.29 is 4.74 Å². The Bertz CT molecular complexity index is 167. The third-order valence-electron chi connectivity index (χ3n) is 3.35. The second kappa shape index (κ2) is 5.10. The fourth-order valence-corrected chi connectivity index (χ4v) is 2.53. The Morgan fingerprint density at radius 1 is 1.50 bits per heavy atom. The molecule has 1 N–H and O–H groups in total. The lowest BCUT2D eigenvalue weighted by Crippen LogP contribution is -2.54. The van der Waals surface area contributed by atoms with Gasteiger partial charge in [-0.15, -0.1) is 0 Å². The summed E-state index contributed by atoms with van der Waals surface area (Å²) < 4.78 is 5.44. The first-order valence-corrected chi connectivity index (χ1v) is 5.95. The Morgan fingerprint density at radius 2 is 2.43 bits per heavy atom. The highest BCUT2D eigenvalue weighted by atomic mass is 16.5. The normalized spacial score (nSPS) is 34.9. The summed E-state index contributed by atoms with van der Waals surface area (Å²) in [5.74, 6) is 0. The van der Waals surface area contributed by atoms with Crippen LogP contribution in [-0.2, 0) is 4.74 Å². The van der Waals surface area contributed by atoms with Crippen LogP contribution in [0.1, 0.15) is 26.2 Å². The van der Waals surface area contributed by atoms with Gasteiger partial charge in [-0.25, -0.2) is 0 Å². The summed E-state index contributed by atoms with van der Waals surface area (Å²) in [4.78, 5) is 2.61. The first kappa shape index (κ1) is 10.4. The van der Waals surface area contributed by atoms with E-state index in [1.807, 2.05) is 0 Å².